The second kappa shape index (κ2) is 7.46. The number of nitrogens with one attached hydrogen (secondary N) is 1. The topological polar surface area (TPSA) is 120 Å². The van der Waals surface area contributed by atoms with Crippen LogP contribution in [0.15, 0.2) is 71.9 Å². The van der Waals surface area contributed by atoms with Crippen molar-refractivity contribution >= 4 is 32.6 Å². The molecule has 3 N–H and O–H groups in total. The minimum Gasteiger partial charge on any atom is -0.481 e. The zero-order valence-electron chi connectivity index (χ0n) is 15.4. The molecule has 0 unspecified atom stereocenters. The molecular formula is C20H17N5O3S. The molecule has 0 atom stereocenters. The van der Waals surface area contributed by atoms with E-state index in [4.69, 9.17) is 9.88 Å². The van der Waals surface area contributed by atoms with Gasteiger partial charge in [0.1, 0.15) is 0 Å². The molecule has 0 aliphatic carbocycles. The summed E-state index contributed by atoms with van der Waals surface area (Å²) in [6, 6.07) is 15.7. The monoisotopic (exact) mass is 407 g/mol. The summed E-state index contributed by atoms with van der Waals surface area (Å²) in [6.45, 7) is 0. The highest BCUT2D eigenvalue weighted by atomic mass is 32.2. The Morgan fingerprint density at radius 2 is 1.72 bits per heavy atom. The van der Waals surface area contributed by atoms with Crippen molar-refractivity contribution in [3.05, 3.63) is 67.0 Å². The number of rotatable bonds is 5. The van der Waals surface area contributed by atoms with Crippen molar-refractivity contribution < 1.29 is 13.2 Å². The molecule has 2 aromatic heterocycles. The molecule has 0 amide bonds. The Labute approximate surface area is 167 Å². The van der Waals surface area contributed by atoms with Gasteiger partial charge in [0.2, 0.25) is 21.9 Å². The normalized spacial score (nSPS) is 11.4. The molecule has 4 aromatic rings. The summed E-state index contributed by atoms with van der Waals surface area (Å²) in [5.74, 6) is 0.931. The lowest BCUT2D eigenvalue weighted by Gasteiger charge is -2.08. The molecule has 8 nitrogen and oxygen atoms in total. The van der Waals surface area contributed by atoms with Gasteiger partial charge in [-0.25, -0.2) is 28.5 Å². The molecule has 9 heteroatoms. The first kappa shape index (κ1) is 18.8. The summed E-state index contributed by atoms with van der Waals surface area (Å²) < 4.78 is 27.9. The quantitative estimate of drug-likeness (QED) is 0.521. The van der Waals surface area contributed by atoms with Crippen LogP contribution in [0.3, 0.4) is 0 Å². The molecule has 0 fully saturated rings. The largest absolute Gasteiger partial charge is 0.481 e. The molecule has 146 valence electrons. The number of nitrogens with two attached hydrogens (primary N) is 1. The van der Waals surface area contributed by atoms with Crippen molar-refractivity contribution in [1.82, 2.24) is 15.0 Å². The van der Waals surface area contributed by atoms with Crippen molar-refractivity contribution in [3.63, 3.8) is 0 Å². The smallest absolute Gasteiger partial charge is 0.238 e. The maximum atomic E-state index is 11.4. The third kappa shape index (κ3) is 4.15. The highest BCUT2D eigenvalue weighted by Gasteiger charge is 2.08. The number of primary sulfonamides is 1. The van der Waals surface area contributed by atoms with Crippen LogP contribution in [0, 0.1) is 0 Å². The van der Waals surface area contributed by atoms with E-state index >= 15 is 0 Å². The summed E-state index contributed by atoms with van der Waals surface area (Å²) in [5.41, 5.74) is 3.34. The first-order valence-corrected chi connectivity index (χ1v) is 10.1. The van der Waals surface area contributed by atoms with E-state index in [0.717, 1.165) is 22.0 Å². The number of sulfonamides is 1. The third-order valence-corrected chi connectivity index (χ3v) is 5.23. The highest BCUT2D eigenvalue weighted by molar-refractivity contribution is 7.89. The number of pyridine rings is 1. The Morgan fingerprint density at radius 1 is 0.966 bits per heavy atom. The Kier molecular flexibility index (Phi) is 4.83. The van der Waals surface area contributed by atoms with Crippen LogP contribution in [-0.4, -0.2) is 30.5 Å². The average Bonchev–Trinajstić information content (AvgIpc) is 2.73. The fraction of sp³-hybridized carbons (Fsp3) is 0.0500. The number of hydrogen-bond acceptors (Lipinski definition) is 7. The Bertz CT molecular complexity index is 1290. The molecule has 4 rings (SSSR count). The van der Waals surface area contributed by atoms with Crippen molar-refractivity contribution in [3.8, 4) is 17.0 Å². The fourth-order valence-corrected chi connectivity index (χ4v) is 3.34. The number of ether oxygens (including phenoxy) is 1. The molecule has 0 saturated heterocycles. The average molecular weight is 407 g/mol. The van der Waals surface area contributed by atoms with Crippen LogP contribution in [0.4, 0.5) is 11.6 Å². The SMILES string of the molecule is COc1cc(-c2ccc3cnc(Nc4ccc(S(N)(=O)=O)cc4)nc3c2)ccn1. The van der Waals surface area contributed by atoms with Gasteiger partial charge in [-0.2, -0.15) is 0 Å². The van der Waals surface area contributed by atoms with Crippen LogP contribution in [0.25, 0.3) is 22.0 Å². The number of nitrogens with zero attached hydrogens (tertiary/aromatic N) is 3. The van der Waals surface area contributed by atoms with E-state index in [1.165, 1.54) is 12.1 Å². The van der Waals surface area contributed by atoms with Gasteiger partial charge in [0.05, 0.1) is 17.5 Å². The molecule has 0 spiro atoms. The number of fused-ring (bicyclic) bond motifs is 1. The van der Waals surface area contributed by atoms with E-state index in [9.17, 15) is 8.42 Å². The highest BCUT2D eigenvalue weighted by Crippen LogP contribution is 2.26. The standard InChI is InChI=1S/C20H17N5O3S/c1-28-19-11-14(8-9-22-19)13-2-3-15-12-23-20(25-18(15)10-13)24-16-4-6-17(7-5-16)29(21,26)27/h2-12H,1H3,(H2,21,26,27)(H,23,24,25). The van der Waals surface area contributed by atoms with Gasteiger partial charge in [-0.1, -0.05) is 12.1 Å². The lowest BCUT2D eigenvalue weighted by Crippen LogP contribution is -2.11. The minimum absolute atomic E-state index is 0.0416. The Balaban J connectivity index is 1.64. The molecule has 0 saturated carbocycles. The fourth-order valence-electron chi connectivity index (χ4n) is 2.82. The minimum atomic E-state index is -3.73. The molecule has 0 aliphatic rings. The van der Waals surface area contributed by atoms with E-state index < -0.39 is 10.0 Å². The van der Waals surface area contributed by atoms with Gasteiger partial charge in [0.15, 0.2) is 0 Å². The van der Waals surface area contributed by atoms with Gasteiger partial charge >= 0.3 is 0 Å². The summed E-state index contributed by atoms with van der Waals surface area (Å²) in [5, 5.41) is 9.08. The Hall–Kier alpha value is -3.56. The number of aromatic nitrogens is 3. The van der Waals surface area contributed by atoms with E-state index in [0.29, 0.717) is 17.5 Å². The summed E-state index contributed by atoms with van der Waals surface area (Å²) in [7, 11) is -2.15. The molecule has 2 heterocycles. The van der Waals surface area contributed by atoms with Crippen molar-refractivity contribution in [2.24, 2.45) is 5.14 Å². The van der Waals surface area contributed by atoms with Crippen molar-refractivity contribution in [2.45, 2.75) is 4.90 Å². The van der Waals surface area contributed by atoms with Gasteiger partial charge in [-0.3, -0.25) is 0 Å². The summed E-state index contributed by atoms with van der Waals surface area (Å²) in [4.78, 5) is 13.0. The van der Waals surface area contributed by atoms with Crippen LogP contribution in [0.2, 0.25) is 0 Å². The first-order chi connectivity index (χ1) is 13.9. The molecule has 0 aliphatic heterocycles. The van der Waals surface area contributed by atoms with Crippen LogP contribution >= 0.6 is 0 Å². The Morgan fingerprint density at radius 3 is 2.45 bits per heavy atom. The van der Waals surface area contributed by atoms with E-state index in [-0.39, 0.29) is 4.90 Å². The van der Waals surface area contributed by atoms with E-state index in [1.54, 1.807) is 31.6 Å². The van der Waals surface area contributed by atoms with Gasteiger partial charge in [0.25, 0.3) is 0 Å². The van der Waals surface area contributed by atoms with Gasteiger partial charge < -0.3 is 10.1 Å². The van der Waals surface area contributed by atoms with Gasteiger partial charge in [0, 0.05) is 29.5 Å². The van der Waals surface area contributed by atoms with Crippen molar-refractivity contribution in [2.75, 3.05) is 12.4 Å². The second-order valence-corrected chi connectivity index (χ2v) is 7.81. The van der Waals surface area contributed by atoms with Gasteiger partial charge in [-0.05, 0) is 47.5 Å². The third-order valence-electron chi connectivity index (χ3n) is 4.30. The molecule has 2 aromatic carbocycles. The second-order valence-electron chi connectivity index (χ2n) is 6.25. The lowest BCUT2D eigenvalue weighted by atomic mass is 10.1. The number of methoxy groups -OCH3 is 1. The maximum Gasteiger partial charge on any atom is 0.238 e. The molecule has 0 radical (unpaired) electrons. The van der Waals surface area contributed by atoms with Crippen molar-refractivity contribution in [1.29, 1.82) is 0 Å². The molecule has 0 bridgehead atoms. The van der Waals surface area contributed by atoms with E-state index in [2.05, 4.69) is 20.3 Å². The van der Waals surface area contributed by atoms with E-state index in [1.807, 2.05) is 30.3 Å². The zero-order chi connectivity index (χ0) is 20.4. The van der Waals surface area contributed by atoms with Crippen LogP contribution in [-0.2, 0) is 10.0 Å². The maximum absolute atomic E-state index is 11.4. The molecule has 29 heavy (non-hydrogen) atoms. The number of hydrogen-bond donors (Lipinski definition) is 2. The van der Waals surface area contributed by atoms with Gasteiger partial charge in [-0.15, -0.1) is 0 Å². The molecular weight excluding hydrogens is 390 g/mol. The predicted octanol–water partition coefficient (Wildman–Crippen LogP) is 3.09. The zero-order valence-corrected chi connectivity index (χ0v) is 16.2. The first-order valence-electron chi connectivity index (χ1n) is 8.59. The summed E-state index contributed by atoms with van der Waals surface area (Å²) in [6.07, 6.45) is 3.41. The number of anilines is 2. The van der Waals surface area contributed by atoms with Crippen LogP contribution < -0.4 is 15.2 Å². The van der Waals surface area contributed by atoms with Crippen LogP contribution in [0.5, 0.6) is 5.88 Å². The number of benzene rings is 2. The summed E-state index contributed by atoms with van der Waals surface area (Å²) >= 11 is 0. The lowest BCUT2D eigenvalue weighted by molar-refractivity contribution is 0.398. The predicted molar refractivity (Wildman–Crippen MR) is 110 cm³/mol. The van der Waals surface area contributed by atoms with Crippen LogP contribution in [0.1, 0.15) is 0 Å².